The van der Waals surface area contributed by atoms with Crippen LogP contribution in [0.25, 0.3) is 0 Å². The predicted molar refractivity (Wildman–Crippen MR) is 81.4 cm³/mol. The fourth-order valence-electron chi connectivity index (χ4n) is 1.78. The van der Waals surface area contributed by atoms with Crippen LogP contribution in [0.3, 0.4) is 0 Å². The van der Waals surface area contributed by atoms with Crippen molar-refractivity contribution in [3.8, 4) is 0 Å². The van der Waals surface area contributed by atoms with Crippen molar-refractivity contribution in [1.82, 2.24) is 10.3 Å². The fourth-order valence-corrected chi connectivity index (χ4v) is 3.39. The van der Waals surface area contributed by atoms with E-state index in [1.54, 1.807) is 17.5 Å². The molecule has 1 unspecified atom stereocenters. The Hall–Kier alpha value is -0.420. The molecule has 0 aliphatic heterocycles. The van der Waals surface area contributed by atoms with Gasteiger partial charge in [0.15, 0.2) is 0 Å². The zero-order valence-electron chi connectivity index (χ0n) is 9.99. The largest absolute Gasteiger partial charge is 0.309 e. The van der Waals surface area contributed by atoms with Gasteiger partial charge in [0, 0.05) is 27.3 Å². The van der Waals surface area contributed by atoms with E-state index in [4.69, 9.17) is 11.6 Å². The number of nitrogens with zero attached hydrogens (tertiary/aromatic N) is 1. The number of pyridine rings is 1. The molecule has 2 nitrogen and oxygen atoms in total. The zero-order valence-corrected chi connectivity index (χ0v) is 13.1. The van der Waals surface area contributed by atoms with Gasteiger partial charge in [-0.25, -0.2) is 0 Å². The summed E-state index contributed by atoms with van der Waals surface area (Å²) < 4.78 is 1.14. The highest BCUT2D eigenvalue weighted by Crippen LogP contribution is 2.25. The molecule has 0 fully saturated rings. The second kappa shape index (κ2) is 6.66. The van der Waals surface area contributed by atoms with Crippen LogP contribution in [0.15, 0.2) is 34.2 Å². The number of thiophene rings is 1. The van der Waals surface area contributed by atoms with Crippen LogP contribution in [0, 0.1) is 0 Å². The molecule has 0 aliphatic carbocycles. The first kappa shape index (κ1) is 14.0. The average molecular weight is 346 g/mol. The van der Waals surface area contributed by atoms with Gasteiger partial charge in [0.1, 0.15) is 0 Å². The first-order chi connectivity index (χ1) is 8.69. The van der Waals surface area contributed by atoms with E-state index in [0.717, 1.165) is 23.1 Å². The summed E-state index contributed by atoms with van der Waals surface area (Å²) in [6.45, 7) is 3.02. The Morgan fingerprint density at radius 1 is 1.50 bits per heavy atom. The van der Waals surface area contributed by atoms with Crippen LogP contribution in [0.5, 0.6) is 0 Å². The molecule has 0 saturated heterocycles. The minimum Gasteiger partial charge on any atom is -0.309 e. The highest BCUT2D eigenvalue weighted by atomic mass is 79.9. The summed E-state index contributed by atoms with van der Waals surface area (Å²) >= 11 is 11.1. The maximum Gasteiger partial charge on any atom is 0.0589 e. The van der Waals surface area contributed by atoms with Crippen LogP contribution in [0.1, 0.15) is 23.5 Å². The van der Waals surface area contributed by atoms with E-state index in [1.807, 2.05) is 12.1 Å². The Bertz CT molecular complexity index is 498. The van der Waals surface area contributed by atoms with Gasteiger partial charge >= 0.3 is 0 Å². The van der Waals surface area contributed by atoms with Crippen molar-refractivity contribution in [3.63, 3.8) is 0 Å². The Morgan fingerprint density at radius 2 is 2.33 bits per heavy atom. The maximum absolute atomic E-state index is 5.87. The fraction of sp³-hybridized carbons (Fsp3) is 0.308. The Kier molecular flexibility index (Phi) is 5.18. The van der Waals surface area contributed by atoms with Crippen molar-refractivity contribution in [2.75, 3.05) is 6.54 Å². The summed E-state index contributed by atoms with van der Waals surface area (Å²) in [5.41, 5.74) is 1.03. The molecule has 0 amide bonds. The number of aromatic nitrogens is 1. The molecule has 0 saturated carbocycles. The predicted octanol–water partition coefficient (Wildman–Crippen LogP) is 4.45. The minimum absolute atomic E-state index is 0.234. The number of hydrogen-bond donors (Lipinski definition) is 1. The molecule has 0 radical (unpaired) electrons. The molecular formula is C13H14BrClN2S. The van der Waals surface area contributed by atoms with E-state index < -0.39 is 0 Å². The van der Waals surface area contributed by atoms with Crippen molar-refractivity contribution in [2.45, 2.75) is 19.4 Å². The topological polar surface area (TPSA) is 24.9 Å². The molecule has 1 N–H and O–H groups in total. The number of rotatable bonds is 5. The van der Waals surface area contributed by atoms with Crippen LogP contribution in [0.4, 0.5) is 0 Å². The molecule has 0 aliphatic rings. The molecule has 2 heterocycles. The van der Waals surface area contributed by atoms with Gasteiger partial charge in [0.2, 0.25) is 0 Å². The summed E-state index contributed by atoms with van der Waals surface area (Å²) in [5.74, 6) is 0. The first-order valence-corrected chi connectivity index (χ1v) is 7.82. The number of hydrogen-bond acceptors (Lipinski definition) is 3. The van der Waals surface area contributed by atoms with Gasteiger partial charge in [0.05, 0.1) is 16.8 Å². The highest BCUT2D eigenvalue weighted by Gasteiger charge is 2.13. The normalized spacial score (nSPS) is 12.6. The van der Waals surface area contributed by atoms with Crippen LogP contribution in [-0.4, -0.2) is 11.5 Å². The van der Waals surface area contributed by atoms with Crippen LogP contribution >= 0.6 is 38.9 Å². The van der Waals surface area contributed by atoms with E-state index in [1.165, 1.54) is 4.88 Å². The molecule has 0 aromatic carbocycles. The Balaban J connectivity index is 2.14. The third-order valence-corrected chi connectivity index (χ3v) is 4.53. The standard InChI is InChI=1S/C13H14BrClN2S/c1-2-16-13(6-11-5-9(14)8-18-11)12-4-3-10(15)7-17-12/h3-5,7-8,13,16H,2,6H2,1H3. The molecule has 5 heteroatoms. The van der Waals surface area contributed by atoms with Gasteiger partial charge in [-0.1, -0.05) is 18.5 Å². The summed E-state index contributed by atoms with van der Waals surface area (Å²) in [7, 11) is 0. The molecule has 96 valence electrons. The van der Waals surface area contributed by atoms with Crippen molar-refractivity contribution >= 4 is 38.9 Å². The van der Waals surface area contributed by atoms with Gasteiger partial charge in [-0.05, 0) is 40.7 Å². The second-order valence-corrected chi connectivity index (χ2v) is 6.29. The quantitative estimate of drug-likeness (QED) is 0.866. The summed E-state index contributed by atoms with van der Waals surface area (Å²) in [6.07, 6.45) is 2.64. The van der Waals surface area contributed by atoms with Gasteiger partial charge in [-0.15, -0.1) is 11.3 Å². The SMILES string of the molecule is CCNC(Cc1cc(Br)cs1)c1ccc(Cl)cn1. The lowest BCUT2D eigenvalue weighted by atomic mass is 10.1. The van der Waals surface area contributed by atoms with Crippen LogP contribution < -0.4 is 5.32 Å². The van der Waals surface area contributed by atoms with Crippen molar-refractivity contribution in [1.29, 1.82) is 0 Å². The molecule has 2 aromatic rings. The molecular weight excluding hydrogens is 332 g/mol. The lowest BCUT2D eigenvalue weighted by Gasteiger charge is -2.16. The highest BCUT2D eigenvalue weighted by molar-refractivity contribution is 9.10. The molecule has 18 heavy (non-hydrogen) atoms. The first-order valence-electron chi connectivity index (χ1n) is 5.76. The summed E-state index contributed by atoms with van der Waals surface area (Å²) in [6, 6.07) is 6.26. The number of nitrogens with one attached hydrogen (secondary N) is 1. The lowest BCUT2D eigenvalue weighted by Crippen LogP contribution is -2.23. The molecule has 2 rings (SSSR count). The van der Waals surface area contributed by atoms with E-state index in [0.29, 0.717) is 5.02 Å². The molecule has 2 aromatic heterocycles. The van der Waals surface area contributed by atoms with Gasteiger partial charge in [-0.2, -0.15) is 0 Å². The molecule has 0 bridgehead atoms. The van der Waals surface area contributed by atoms with Crippen molar-refractivity contribution < 1.29 is 0 Å². The monoisotopic (exact) mass is 344 g/mol. The van der Waals surface area contributed by atoms with E-state index in [9.17, 15) is 0 Å². The van der Waals surface area contributed by atoms with Crippen LogP contribution in [0.2, 0.25) is 5.02 Å². The summed E-state index contributed by atoms with van der Waals surface area (Å²) in [4.78, 5) is 5.74. The minimum atomic E-state index is 0.234. The smallest absolute Gasteiger partial charge is 0.0589 e. The zero-order chi connectivity index (χ0) is 13.0. The molecule has 1 atom stereocenters. The van der Waals surface area contributed by atoms with E-state index in [2.05, 4.69) is 44.6 Å². The number of halogens is 2. The average Bonchev–Trinajstić information content (AvgIpc) is 2.75. The van der Waals surface area contributed by atoms with Gasteiger partial charge in [0.25, 0.3) is 0 Å². The summed E-state index contributed by atoms with van der Waals surface area (Å²) in [5, 5.41) is 6.24. The van der Waals surface area contributed by atoms with Gasteiger partial charge in [-0.3, -0.25) is 4.98 Å². The van der Waals surface area contributed by atoms with Crippen molar-refractivity contribution in [3.05, 3.63) is 49.8 Å². The lowest BCUT2D eigenvalue weighted by molar-refractivity contribution is 0.540. The van der Waals surface area contributed by atoms with Crippen LogP contribution in [-0.2, 0) is 6.42 Å². The maximum atomic E-state index is 5.87. The van der Waals surface area contributed by atoms with Gasteiger partial charge < -0.3 is 5.32 Å². The third kappa shape index (κ3) is 3.79. The Morgan fingerprint density at radius 3 is 2.89 bits per heavy atom. The Labute approximate surface area is 125 Å². The third-order valence-electron chi connectivity index (χ3n) is 2.58. The second-order valence-electron chi connectivity index (χ2n) is 3.95. The van der Waals surface area contributed by atoms with Crippen molar-refractivity contribution in [2.24, 2.45) is 0 Å². The van der Waals surface area contributed by atoms with E-state index >= 15 is 0 Å². The number of likely N-dealkylation sites (N-methyl/N-ethyl adjacent to an activating group) is 1. The molecule has 0 spiro atoms. The van der Waals surface area contributed by atoms with E-state index in [-0.39, 0.29) is 6.04 Å².